The number of nitrogens with two attached hydrogens (primary N) is 1. The first-order valence-corrected chi connectivity index (χ1v) is 7.95. The third kappa shape index (κ3) is 3.53. The summed E-state index contributed by atoms with van der Waals surface area (Å²) in [5.41, 5.74) is 7.36. The molecule has 1 aliphatic rings. The van der Waals surface area contributed by atoms with E-state index in [1.165, 1.54) is 31.2 Å². The Balaban J connectivity index is 2.26. The van der Waals surface area contributed by atoms with Gasteiger partial charge in [0, 0.05) is 18.2 Å². The van der Waals surface area contributed by atoms with Crippen molar-refractivity contribution in [3.8, 4) is 5.75 Å². The second-order valence-corrected chi connectivity index (χ2v) is 5.66. The SMILES string of the molecule is CCOc1ccccc1C(CN)N1CCCCCC1C. The molecular formula is C17H28N2O. The van der Waals surface area contributed by atoms with Gasteiger partial charge >= 0.3 is 0 Å². The average molecular weight is 276 g/mol. The lowest BCUT2D eigenvalue weighted by atomic mass is 10.0. The highest BCUT2D eigenvalue weighted by molar-refractivity contribution is 5.36. The van der Waals surface area contributed by atoms with Gasteiger partial charge in [-0.3, -0.25) is 4.90 Å². The molecule has 3 heteroatoms. The summed E-state index contributed by atoms with van der Waals surface area (Å²) in [4.78, 5) is 2.57. The van der Waals surface area contributed by atoms with E-state index in [1.54, 1.807) is 0 Å². The van der Waals surface area contributed by atoms with E-state index < -0.39 is 0 Å². The van der Waals surface area contributed by atoms with Gasteiger partial charge in [-0.2, -0.15) is 0 Å². The highest BCUT2D eigenvalue weighted by atomic mass is 16.5. The van der Waals surface area contributed by atoms with Gasteiger partial charge in [0.05, 0.1) is 12.6 Å². The van der Waals surface area contributed by atoms with E-state index in [9.17, 15) is 0 Å². The van der Waals surface area contributed by atoms with Crippen LogP contribution in [0.5, 0.6) is 5.75 Å². The van der Waals surface area contributed by atoms with Crippen molar-refractivity contribution in [2.75, 3.05) is 19.7 Å². The van der Waals surface area contributed by atoms with E-state index in [0.717, 1.165) is 12.3 Å². The topological polar surface area (TPSA) is 38.5 Å². The highest BCUT2D eigenvalue weighted by Gasteiger charge is 2.27. The van der Waals surface area contributed by atoms with E-state index in [4.69, 9.17) is 10.5 Å². The molecule has 1 aromatic rings. The van der Waals surface area contributed by atoms with Gasteiger partial charge in [0.2, 0.25) is 0 Å². The zero-order valence-corrected chi connectivity index (χ0v) is 12.8. The molecule has 20 heavy (non-hydrogen) atoms. The van der Waals surface area contributed by atoms with Crippen LogP contribution in [0.25, 0.3) is 0 Å². The summed E-state index contributed by atoms with van der Waals surface area (Å²) in [5, 5.41) is 0. The molecule has 0 bridgehead atoms. The fourth-order valence-corrected chi connectivity index (χ4v) is 3.24. The lowest BCUT2D eigenvalue weighted by Gasteiger charge is -2.35. The summed E-state index contributed by atoms with van der Waals surface area (Å²) in [6, 6.07) is 9.22. The average Bonchev–Trinajstić information content (AvgIpc) is 2.67. The van der Waals surface area contributed by atoms with Crippen molar-refractivity contribution >= 4 is 0 Å². The lowest BCUT2D eigenvalue weighted by Crippen LogP contribution is -2.40. The largest absolute Gasteiger partial charge is 0.494 e. The van der Waals surface area contributed by atoms with Crippen LogP contribution in [0.3, 0.4) is 0 Å². The fraction of sp³-hybridized carbons (Fsp3) is 0.647. The highest BCUT2D eigenvalue weighted by Crippen LogP contribution is 2.32. The summed E-state index contributed by atoms with van der Waals surface area (Å²) in [6.07, 6.45) is 5.22. The smallest absolute Gasteiger partial charge is 0.124 e. The first-order chi connectivity index (χ1) is 9.77. The predicted octanol–water partition coefficient (Wildman–Crippen LogP) is 3.35. The number of hydrogen-bond donors (Lipinski definition) is 1. The molecule has 3 nitrogen and oxygen atoms in total. The van der Waals surface area contributed by atoms with Gasteiger partial charge in [-0.05, 0) is 39.3 Å². The minimum atomic E-state index is 0.269. The molecule has 2 atom stereocenters. The summed E-state index contributed by atoms with van der Waals surface area (Å²) in [7, 11) is 0. The van der Waals surface area contributed by atoms with E-state index in [-0.39, 0.29) is 6.04 Å². The minimum Gasteiger partial charge on any atom is -0.494 e. The second kappa shape index (κ2) is 7.65. The van der Waals surface area contributed by atoms with Gasteiger partial charge in [0.1, 0.15) is 5.75 Å². The number of likely N-dealkylation sites (tertiary alicyclic amines) is 1. The van der Waals surface area contributed by atoms with E-state index in [2.05, 4.69) is 30.0 Å². The monoisotopic (exact) mass is 276 g/mol. The van der Waals surface area contributed by atoms with Crippen LogP contribution in [-0.2, 0) is 0 Å². The second-order valence-electron chi connectivity index (χ2n) is 5.66. The molecule has 2 N–H and O–H groups in total. The molecule has 0 spiro atoms. The molecule has 1 saturated heterocycles. The first kappa shape index (κ1) is 15.3. The predicted molar refractivity (Wildman–Crippen MR) is 84.0 cm³/mol. The van der Waals surface area contributed by atoms with E-state index in [0.29, 0.717) is 19.2 Å². The van der Waals surface area contributed by atoms with E-state index >= 15 is 0 Å². The van der Waals surface area contributed by atoms with Crippen molar-refractivity contribution in [1.82, 2.24) is 4.90 Å². The van der Waals surface area contributed by atoms with Crippen LogP contribution in [0.4, 0.5) is 0 Å². The number of rotatable bonds is 5. The summed E-state index contributed by atoms with van der Waals surface area (Å²) < 4.78 is 5.79. The van der Waals surface area contributed by atoms with E-state index in [1.807, 2.05) is 13.0 Å². The number of ether oxygens (including phenoxy) is 1. The number of benzene rings is 1. The van der Waals surface area contributed by atoms with Gasteiger partial charge < -0.3 is 10.5 Å². The standard InChI is InChI=1S/C17H28N2O/c1-3-20-17-11-7-6-10-15(17)16(13-18)19-12-8-4-5-9-14(19)2/h6-7,10-11,14,16H,3-5,8-9,12-13,18H2,1-2H3. The summed E-state index contributed by atoms with van der Waals surface area (Å²) in [6.45, 7) is 6.85. The Bertz CT molecular complexity index is 408. The number of hydrogen-bond acceptors (Lipinski definition) is 3. The molecule has 2 rings (SSSR count). The Morgan fingerprint density at radius 3 is 2.85 bits per heavy atom. The maximum Gasteiger partial charge on any atom is 0.124 e. The first-order valence-electron chi connectivity index (χ1n) is 7.95. The molecule has 1 aromatic carbocycles. The molecule has 112 valence electrons. The van der Waals surface area contributed by atoms with Gasteiger partial charge in [0.25, 0.3) is 0 Å². The van der Waals surface area contributed by atoms with Crippen LogP contribution in [0.15, 0.2) is 24.3 Å². The van der Waals surface area contributed by atoms with Crippen molar-refractivity contribution in [3.63, 3.8) is 0 Å². The molecule has 0 radical (unpaired) electrons. The van der Waals surface area contributed by atoms with Crippen molar-refractivity contribution in [1.29, 1.82) is 0 Å². The molecule has 2 unspecified atom stereocenters. The molecular weight excluding hydrogens is 248 g/mol. The van der Waals surface area contributed by atoms with Crippen LogP contribution < -0.4 is 10.5 Å². The molecule has 0 aromatic heterocycles. The third-order valence-electron chi connectivity index (χ3n) is 4.31. The molecule has 1 aliphatic heterocycles. The molecule has 1 fully saturated rings. The van der Waals surface area contributed by atoms with Crippen LogP contribution in [-0.4, -0.2) is 30.6 Å². The Hall–Kier alpha value is -1.06. The lowest BCUT2D eigenvalue weighted by molar-refractivity contribution is 0.147. The van der Waals surface area contributed by atoms with Crippen LogP contribution in [0, 0.1) is 0 Å². The zero-order valence-electron chi connectivity index (χ0n) is 12.8. The normalized spacial score (nSPS) is 22.2. The maximum atomic E-state index is 6.12. The van der Waals surface area contributed by atoms with Crippen LogP contribution in [0.1, 0.15) is 51.1 Å². The quantitative estimate of drug-likeness (QED) is 0.896. The minimum absolute atomic E-state index is 0.269. The number of para-hydroxylation sites is 1. The van der Waals surface area contributed by atoms with Crippen molar-refractivity contribution in [2.45, 2.75) is 51.6 Å². The van der Waals surface area contributed by atoms with Crippen molar-refractivity contribution in [2.24, 2.45) is 5.73 Å². The molecule has 1 heterocycles. The van der Waals surface area contributed by atoms with Crippen LogP contribution in [0.2, 0.25) is 0 Å². The van der Waals surface area contributed by atoms with Gasteiger partial charge in [-0.15, -0.1) is 0 Å². The number of nitrogens with zero attached hydrogens (tertiary/aromatic N) is 1. The zero-order chi connectivity index (χ0) is 14.4. The van der Waals surface area contributed by atoms with Gasteiger partial charge in [0.15, 0.2) is 0 Å². The Labute approximate surface area is 123 Å². The van der Waals surface area contributed by atoms with Crippen molar-refractivity contribution in [3.05, 3.63) is 29.8 Å². The third-order valence-corrected chi connectivity index (χ3v) is 4.31. The van der Waals surface area contributed by atoms with Crippen LogP contribution >= 0.6 is 0 Å². The molecule has 0 aliphatic carbocycles. The molecule has 0 amide bonds. The van der Waals surface area contributed by atoms with Gasteiger partial charge in [-0.25, -0.2) is 0 Å². The molecule has 0 saturated carbocycles. The van der Waals surface area contributed by atoms with Crippen molar-refractivity contribution < 1.29 is 4.74 Å². The summed E-state index contributed by atoms with van der Waals surface area (Å²) in [5.74, 6) is 0.988. The fourth-order valence-electron chi connectivity index (χ4n) is 3.24. The Morgan fingerprint density at radius 2 is 2.10 bits per heavy atom. The Kier molecular flexibility index (Phi) is 5.86. The Morgan fingerprint density at radius 1 is 1.30 bits per heavy atom. The van der Waals surface area contributed by atoms with Gasteiger partial charge in [-0.1, -0.05) is 31.0 Å². The summed E-state index contributed by atoms with van der Waals surface area (Å²) >= 11 is 0. The maximum absolute atomic E-state index is 6.12.